The Kier molecular flexibility index (Phi) is 6.63. The summed E-state index contributed by atoms with van der Waals surface area (Å²) in [7, 11) is -4.76. The average Bonchev–Trinajstić information content (AvgIpc) is 2.64. The van der Waals surface area contributed by atoms with Crippen molar-refractivity contribution in [2.45, 2.75) is 30.4 Å². The molecule has 0 aliphatic heterocycles. The van der Waals surface area contributed by atoms with Gasteiger partial charge in [-0.1, -0.05) is 19.1 Å². The maximum atomic E-state index is 13.8. The van der Waals surface area contributed by atoms with Crippen molar-refractivity contribution in [2.24, 2.45) is 0 Å². The Morgan fingerprint density at radius 2 is 1.73 bits per heavy atom. The van der Waals surface area contributed by atoms with Crippen LogP contribution in [0.5, 0.6) is 5.75 Å². The van der Waals surface area contributed by atoms with Crippen LogP contribution in [0.15, 0.2) is 47.6 Å². The van der Waals surface area contributed by atoms with Crippen LogP contribution in [0.4, 0.5) is 26.3 Å². The molecule has 0 bridgehead atoms. The molecule has 1 heterocycles. The van der Waals surface area contributed by atoms with Crippen LogP contribution in [-0.4, -0.2) is 36.8 Å². The van der Waals surface area contributed by atoms with Crippen molar-refractivity contribution >= 4 is 10.0 Å². The summed E-state index contributed by atoms with van der Waals surface area (Å²) in [5.74, 6) is -0.760. The zero-order chi connectivity index (χ0) is 22.7. The quantitative estimate of drug-likeness (QED) is 0.614. The second kappa shape index (κ2) is 8.49. The molecule has 1 aromatic carbocycles. The lowest BCUT2D eigenvalue weighted by Crippen LogP contribution is -2.42. The molecule has 13 heteroatoms. The number of aromatic nitrogens is 1. The molecule has 0 amide bonds. The first-order valence-corrected chi connectivity index (χ1v) is 9.53. The third-order valence-electron chi connectivity index (χ3n) is 3.79. The highest BCUT2D eigenvalue weighted by molar-refractivity contribution is 7.89. The van der Waals surface area contributed by atoms with Crippen LogP contribution in [0, 0.1) is 11.3 Å². The number of benzene rings is 1. The van der Waals surface area contributed by atoms with Gasteiger partial charge in [-0.2, -0.15) is 22.7 Å². The van der Waals surface area contributed by atoms with Gasteiger partial charge in [0.15, 0.2) is 0 Å². The van der Waals surface area contributed by atoms with Gasteiger partial charge in [0.2, 0.25) is 10.0 Å². The molecule has 1 aromatic heterocycles. The minimum atomic E-state index is -5.10. The number of rotatable bonds is 6. The summed E-state index contributed by atoms with van der Waals surface area (Å²) in [6, 6.07) is 2.51. The molecule has 1 atom stereocenters. The van der Waals surface area contributed by atoms with Gasteiger partial charge in [0.25, 0.3) is 0 Å². The molecule has 30 heavy (non-hydrogen) atoms. The first-order chi connectivity index (χ1) is 13.8. The second-order valence-electron chi connectivity index (χ2n) is 5.79. The highest BCUT2D eigenvalue weighted by Crippen LogP contribution is 2.41. The summed E-state index contributed by atoms with van der Waals surface area (Å²) in [6.45, 7) is 0.545. The van der Waals surface area contributed by atoms with Crippen LogP contribution in [0.3, 0.4) is 0 Å². The molecule has 2 rings (SSSR count). The van der Waals surface area contributed by atoms with Crippen LogP contribution in [-0.2, 0) is 10.0 Å². The van der Waals surface area contributed by atoms with Gasteiger partial charge >= 0.3 is 12.5 Å². The van der Waals surface area contributed by atoms with Crippen molar-refractivity contribution in [1.82, 2.24) is 9.29 Å². The van der Waals surface area contributed by atoms with E-state index < -0.39 is 51.4 Å². The van der Waals surface area contributed by atoms with E-state index in [0.29, 0.717) is 24.3 Å². The first kappa shape index (κ1) is 23.4. The lowest BCUT2D eigenvalue weighted by molar-refractivity contribution is -0.274. The largest absolute Gasteiger partial charge is 0.573 e. The number of nitrogens with zero attached hydrogens (tertiary/aromatic N) is 3. The van der Waals surface area contributed by atoms with Crippen LogP contribution in [0.2, 0.25) is 0 Å². The maximum absolute atomic E-state index is 13.8. The summed E-state index contributed by atoms with van der Waals surface area (Å²) in [6.07, 6.45) is -8.30. The Balaban J connectivity index is 2.52. The van der Waals surface area contributed by atoms with Gasteiger partial charge in [-0.3, -0.25) is 4.98 Å². The number of halogens is 6. The highest BCUT2D eigenvalue weighted by atomic mass is 32.2. The Labute approximate surface area is 167 Å². The van der Waals surface area contributed by atoms with E-state index in [1.54, 1.807) is 6.07 Å². The van der Waals surface area contributed by atoms with E-state index in [9.17, 15) is 34.8 Å². The fraction of sp³-hybridized carbons (Fsp3) is 0.294. The predicted molar refractivity (Wildman–Crippen MR) is 90.4 cm³/mol. The average molecular weight is 453 g/mol. The number of nitriles is 1. The smallest absolute Gasteiger partial charge is 0.406 e. The fourth-order valence-corrected chi connectivity index (χ4v) is 4.22. The van der Waals surface area contributed by atoms with Crippen molar-refractivity contribution in [3.8, 4) is 11.8 Å². The molecular formula is C17H13F6N3O3S. The lowest BCUT2D eigenvalue weighted by Gasteiger charge is -2.31. The molecule has 0 unspecified atom stereocenters. The van der Waals surface area contributed by atoms with E-state index in [4.69, 9.17) is 5.26 Å². The van der Waals surface area contributed by atoms with Crippen LogP contribution >= 0.6 is 0 Å². The summed E-state index contributed by atoms with van der Waals surface area (Å²) in [4.78, 5) is 2.92. The molecule has 0 saturated carbocycles. The normalized spacial score (nSPS) is 13.7. The molecule has 0 saturated heterocycles. The van der Waals surface area contributed by atoms with Crippen molar-refractivity contribution in [3.05, 3.63) is 53.9 Å². The fourth-order valence-electron chi connectivity index (χ4n) is 2.62. The Hall–Kier alpha value is -2.85. The van der Waals surface area contributed by atoms with E-state index in [1.807, 2.05) is 0 Å². The standard InChI is InChI=1S/C17H13F6N3O3S/c1-2-26(30(27,28)14-7-11(8-24)9-25-10-14)15(16(18,19)20)12-3-5-13(6-4-12)29-17(21,22)23/h3-7,9-10,15H,2H2,1H3/t15-/m1/s1. The Morgan fingerprint density at radius 1 is 1.13 bits per heavy atom. The number of ether oxygens (including phenoxy) is 1. The molecule has 162 valence electrons. The summed E-state index contributed by atoms with van der Waals surface area (Å²) < 4.78 is 108. The first-order valence-electron chi connectivity index (χ1n) is 8.09. The van der Waals surface area contributed by atoms with Crippen LogP contribution < -0.4 is 4.74 Å². The maximum Gasteiger partial charge on any atom is 0.573 e. The van der Waals surface area contributed by atoms with E-state index in [-0.39, 0.29) is 9.87 Å². The molecule has 0 aliphatic rings. The molecule has 0 aliphatic carbocycles. The topological polar surface area (TPSA) is 83.3 Å². The van der Waals surface area contributed by atoms with Gasteiger partial charge in [-0.15, -0.1) is 13.2 Å². The SMILES string of the molecule is CCN([C@H](c1ccc(OC(F)(F)F)cc1)C(F)(F)F)S(=O)(=O)c1cncc(C#N)c1. The van der Waals surface area contributed by atoms with Crippen LogP contribution in [0.25, 0.3) is 0 Å². The molecular weight excluding hydrogens is 440 g/mol. The van der Waals surface area contributed by atoms with E-state index in [0.717, 1.165) is 18.5 Å². The molecule has 0 spiro atoms. The molecule has 0 N–H and O–H groups in total. The van der Waals surface area contributed by atoms with Crippen molar-refractivity contribution < 1.29 is 39.5 Å². The van der Waals surface area contributed by atoms with Gasteiger partial charge in [0.1, 0.15) is 22.8 Å². The molecule has 0 radical (unpaired) electrons. The molecule has 0 fully saturated rings. The minimum absolute atomic E-state index is 0.130. The van der Waals surface area contributed by atoms with E-state index >= 15 is 0 Å². The van der Waals surface area contributed by atoms with Gasteiger partial charge in [-0.05, 0) is 23.8 Å². The van der Waals surface area contributed by atoms with E-state index in [1.165, 1.54) is 6.92 Å². The van der Waals surface area contributed by atoms with Gasteiger partial charge in [0, 0.05) is 18.9 Å². The number of sulfonamides is 1. The summed E-state index contributed by atoms with van der Waals surface area (Å²) in [5, 5.41) is 8.88. The third kappa shape index (κ3) is 5.39. The van der Waals surface area contributed by atoms with E-state index in [2.05, 4.69) is 9.72 Å². The van der Waals surface area contributed by atoms with Crippen molar-refractivity contribution in [1.29, 1.82) is 5.26 Å². The molecule has 2 aromatic rings. The van der Waals surface area contributed by atoms with Crippen LogP contribution in [0.1, 0.15) is 24.1 Å². The van der Waals surface area contributed by atoms with Gasteiger partial charge in [0.05, 0.1) is 5.56 Å². The monoisotopic (exact) mass is 453 g/mol. The summed E-state index contributed by atoms with van der Waals surface area (Å²) in [5.41, 5.74) is -0.795. The number of pyridine rings is 1. The highest BCUT2D eigenvalue weighted by Gasteiger charge is 2.49. The number of hydrogen-bond acceptors (Lipinski definition) is 5. The predicted octanol–water partition coefficient (Wildman–Crippen LogP) is 4.17. The van der Waals surface area contributed by atoms with Gasteiger partial charge < -0.3 is 4.74 Å². The Morgan fingerprint density at radius 3 is 2.20 bits per heavy atom. The Bertz CT molecular complexity index is 1030. The zero-order valence-corrected chi connectivity index (χ0v) is 15.9. The minimum Gasteiger partial charge on any atom is -0.406 e. The second-order valence-corrected chi connectivity index (χ2v) is 7.68. The van der Waals surface area contributed by atoms with Crippen molar-refractivity contribution in [2.75, 3.05) is 6.54 Å². The lowest BCUT2D eigenvalue weighted by atomic mass is 10.1. The molecule has 6 nitrogen and oxygen atoms in total. The number of alkyl halides is 6. The van der Waals surface area contributed by atoms with Crippen molar-refractivity contribution in [3.63, 3.8) is 0 Å². The summed E-state index contributed by atoms with van der Waals surface area (Å²) >= 11 is 0. The zero-order valence-electron chi connectivity index (χ0n) is 15.1. The third-order valence-corrected chi connectivity index (χ3v) is 5.69. The number of hydrogen-bond donors (Lipinski definition) is 0. The van der Waals surface area contributed by atoms with Gasteiger partial charge in [-0.25, -0.2) is 8.42 Å².